The van der Waals surface area contributed by atoms with Gasteiger partial charge in [0.1, 0.15) is 23.3 Å². The largest absolute Gasteiger partial charge is 0.495 e. The summed E-state index contributed by atoms with van der Waals surface area (Å²) in [5.41, 5.74) is 0.986. The molecule has 0 aliphatic heterocycles. The van der Waals surface area contributed by atoms with E-state index in [2.05, 4.69) is 11.8 Å². The summed E-state index contributed by atoms with van der Waals surface area (Å²) in [6, 6.07) is 5.07. The molecule has 0 atom stereocenters. The summed E-state index contributed by atoms with van der Waals surface area (Å²) in [4.78, 5) is 10.7. The molecule has 0 spiro atoms. The van der Waals surface area contributed by atoms with Gasteiger partial charge in [-0.25, -0.2) is 0 Å². The molecule has 0 saturated carbocycles. The average molecular weight is 229 g/mol. The number of aldehydes is 1. The van der Waals surface area contributed by atoms with Gasteiger partial charge in [0.2, 0.25) is 0 Å². The van der Waals surface area contributed by atoms with Crippen LogP contribution < -0.4 is 9.47 Å². The maximum Gasteiger partial charge on any atom is 0.150 e. The number of methoxy groups -OCH3 is 2. The zero-order valence-corrected chi connectivity index (χ0v) is 9.61. The van der Waals surface area contributed by atoms with Gasteiger partial charge >= 0.3 is 0 Å². The third kappa shape index (κ3) is 2.99. The molecule has 0 amide bonds. The monoisotopic (exact) mass is 229 g/mol. The number of carbonyl (C=O) groups is 1. The summed E-state index contributed by atoms with van der Waals surface area (Å²) >= 11 is 0. The summed E-state index contributed by atoms with van der Waals surface area (Å²) in [6.45, 7) is 0. The quantitative estimate of drug-likeness (QED) is 0.585. The maximum absolute atomic E-state index is 10.7. The van der Waals surface area contributed by atoms with Gasteiger partial charge < -0.3 is 9.47 Å². The fraction of sp³-hybridized carbons (Fsp3) is 0.231. The summed E-state index contributed by atoms with van der Waals surface area (Å²) in [6.07, 6.45) is 0.833. The van der Waals surface area contributed by atoms with Crippen LogP contribution in [0.15, 0.2) is 12.1 Å². The average Bonchev–Trinajstić information content (AvgIpc) is 2.38. The van der Waals surface area contributed by atoms with Crippen molar-refractivity contribution in [3.8, 4) is 29.4 Å². The van der Waals surface area contributed by atoms with E-state index < -0.39 is 0 Å². The fourth-order valence-electron chi connectivity index (χ4n) is 1.30. The van der Waals surface area contributed by atoms with Gasteiger partial charge in [-0.3, -0.25) is 4.79 Å². The second-order valence-corrected chi connectivity index (χ2v) is 3.05. The summed E-state index contributed by atoms with van der Waals surface area (Å²) in [5.74, 6) is 6.39. The smallest absolute Gasteiger partial charge is 0.150 e. The minimum atomic E-state index is 0.127. The van der Waals surface area contributed by atoms with Gasteiger partial charge in [-0.05, 0) is 12.1 Å². The summed E-state index contributed by atoms with van der Waals surface area (Å²) in [5, 5.41) is 8.42. The van der Waals surface area contributed by atoms with Gasteiger partial charge in [0, 0.05) is 5.56 Å². The van der Waals surface area contributed by atoms with E-state index in [4.69, 9.17) is 14.7 Å². The topological polar surface area (TPSA) is 59.3 Å². The van der Waals surface area contributed by atoms with Crippen LogP contribution in [0.5, 0.6) is 11.5 Å². The Kier molecular flexibility index (Phi) is 4.59. The van der Waals surface area contributed by atoms with Crippen molar-refractivity contribution in [1.29, 1.82) is 5.26 Å². The van der Waals surface area contributed by atoms with Crippen molar-refractivity contribution in [2.24, 2.45) is 0 Å². The molecule has 0 aromatic heterocycles. The van der Waals surface area contributed by atoms with Crippen molar-refractivity contribution < 1.29 is 14.3 Å². The fourth-order valence-corrected chi connectivity index (χ4v) is 1.30. The molecular formula is C13H11NO3. The number of nitriles is 1. The number of ether oxygens (including phenoxy) is 2. The molecule has 0 saturated heterocycles. The maximum atomic E-state index is 10.7. The van der Waals surface area contributed by atoms with E-state index in [0.717, 1.165) is 0 Å². The van der Waals surface area contributed by atoms with Crippen molar-refractivity contribution in [2.75, 3.05) is 14.2 Å². The minimum Gasteiger partial charge on any atom is -0.495 e. The number of nitrogens with zero attached hydrogens (tertiary/aromatic N) is 1. The van der Waals surface area contributed by atoms with Crippen molar-refractivity contribution in [3.05, 3.63) is 23.3 Å². The lowest BCUT2D eigenvalue weighted by Crippen LogP contribution is -1.95. The van der Waals surface area contributed by atoms with Gasteiger partial charge in [0.15, 0.2) is 0 Å². The molecule has 0 bridgehead atoms. The van der Waals surface area contributed by atoms with Crippen LogP contribution in [0.2, 0.25) is 0 Å². The molecule has 0 fully saturated rings. The number of hydrogen-bond donors (Lipinski definition) is 0. The molecule has 4 heteroatoms. The Labute approximate surface area is 99.8 Å². The highest BCUT2D eigenvalue weighted by atomic mass is 16.5. The van der Waals surface area contributed by atoms with Crippen LogP contribution in [-0.4, -0.2) is 20.5 Å². The van der Waals surface area contributed by atoms with Gasteiger partial charge in [0.25, 0.3) is 0 Å². The first kappa shape index (κ1) is 12.6. The molecule has 4 nitrogen and oxygen atoms in total. The minimum absolute atomic E-state index is 0.127. The third-order valence-corrected chi connectivity index (χ3v) is 2.05. The molecule has 0 heterocycles. The molecule has 0 aliphatic carbocycles. The Bertz CT molecular complexity index is 493. The number of benzene rings is 1. The van der Waals surface area contributed by atoms with E-state index in [1.54, 1.807) is 12.1 Å². The van der Waals surface area contributed by atoms with E-state index in [9.17, 15) is 4.79 Å². The Morgan fingerprint density at radius 1 is 1.29 bits per heavy atom. The van der Waals surface area contributed by atoms with Gasteiger partial charge in [-0.2, -0.15) is 5.26 Å². The van der Waals surface area contributed by atoms with Gasteiger partial charge in [-0.1, -0.05) is 11.8 Å². The van der Waals surface area contributed by atoms with Crippen LogP contribution in [-0.2, 0) is 0 Å². The molecule has 1 aromatic carbocycles. The summed E-state index contributed by atoms with van der Waals surface area (Å²) in [7, 11) is 2.97. The standard InChI is InChI=1S/C13H11NO3/c1-16-12-7-10(9-15)8-13(17-2)11(12)5-3-4-6-14/h7-9H,4H2,1-2H3. The molecule has 0 radical (unpaired) electrons. The van der Waals surface area contributed by atoms with Crippen molar-refractivity contribution in [3.63, 3.8) is 0 Å². The van der Waals surface area contributed by atoms with Crippen LogP contribution in [0.3, 0.4) is 0 Å². The Morgan fingerprint density at radius 2 is 1.88 bits per heavy atom. The van der Waals surface area contributed by atoms with Crippen LogP contribution >= 0.6 is 0 Å². The van der Waals surface area contributed by atoms with Gasteiger partial charge in [0.05, 0.1) is 26.7 Å². The van der Waals surface area contributed by atoms with Crippen LogP contribution in [0.25, 0.3) is 0 Å². The highest BCUT2D eigenvalue weighted by molar-refractivity contribution is 5.78. The third-order valence-electron chi connectivity index (χ3n) is 2.05. The van der Waals surface area contributed by atoms with Crippen LogP contribution in [0.4, 0.5) is 0 Å². The van der Waals surface area contributed by atoms with Crippen LogP contribution in [0.1, 0.15) is 22.3 Å². The number of carbonyl (C=O) groups excluding carboxylic acids is 1. The first-order chi connectivity index (χ1) is 8.26. The second kappa shape index (κ2) is 6.19. The van der Waals surface area contributed by atoms with E-state index in [0.29, 0.717) is 28.9 Å². The lowest BCUT2D eigenvalue weighted by molar-refractivity contribution is 0.112. The second-order valence-electron chi connectivity index (χ2n) is 3.05. The lowest BCUT2D eigenvalue weighted by Gasteiger charge is -2.09. The molecule has 0 N–H and O–H groups in total. The normalized spacial score (nSPS) is 8.53. The highest BCUT2D eigenvalue weighted by Gasteiger charge is 2.10. The number of rotatable bonds is 3. The molecule has 86 valence electrons. The molecule has 0 unspecified atom stereocenters. The zero-order chi connectivity index (χ0) is 12.7. The zero-order valence-electron chi connectivity index (χ0n) is 9.61. The molecule has 0 aliphatic rings. The SMILES string of the molecule is COc1cc(C=O)cc(OC)c1C#CCC#N. The predicted molar refractivity (Wildman–Crippen MR) is 62.0 cm³/mol. The number of hydrogen-bond acceptors (Lipinski definition) is 4. The molecule has 1 rings (SSSR count). The van der Waals surface area contributed by atoms with E-state index >= 15 is 0 Å². The highest BCUT2D eigenvalue weighted by Crippen LogP contribution is 2.29. The Hall–Kier alpha value is -2.46. The van der Waals surface area contributed by atoms with Gasteiger partial charge in [-0.15, -0.1) is 0 Å². The Balaban J connectivity index is 3.31. The first-order valence-electron chi connectivity index (χ1n) is 4.83. The first-order valence-corrected chi connectivity index (χ1v) is 4.83. The van der Waals surface area contributed by atoms with Crippen molar-refractivity contribution in [2.45, 2.75) is 6.42 Å². The predicted octanol–water partition coefficient (Wildman–Crippen LogP) is 1.78. The Morgan fingerprint density at radius 3 is 2.29 bits per heavy atom. The lowest BCUT2D eigenvalue weighted by atomic mass is 10.1. The van der Waals surface area contributed by atoms with Crippen molar-refractivity contribution in [1.82, 2.24) is 0 Å². The van der Waals surface area contributed by atoms with E-state index in [-0.39, 0.29) is 6.42 Å². The van der Waals surface area contributed by atoms with E-state index in [1.165, 1.54) is 14.2 Å². The molecule has 17 heavy (non-hydrogen) atoms. The summed E-state index contributed by atoms with van der Waals surface area (Å²) < 4.78 is 10.3. The van der Waals surface area contributed by atoms with Crippen LogP contribution in [0, 0.1) is 23.2 Å². The molecule has 1 aromatic rings. The van der Waals surface area contributed by atoms with E-state index in [1.807, 2.05) is 6.07 Å². The molecular weight excluding hydrogens is 218 g/mol. The van der Waals surface area contributed by atoms with Crippen molar-refractivity contribution >= 4 is 6.29 Å².